The van der Waals surface area contributed by atoms with Gasteiger partial charge < -0.3 is 5.32 Å². The van der Waals surface area contributed by atoms with Crippen LogP contribution in [-0.2, 0) is 10.0 Å². The predicted molar refractivity (Wildman–Crippen MR) is 99.9 cm³/mol. The molecule has 0 spiro atoms. The van der Waals surface area contributed by atoms with Crippen molar-refractivity contribution in [3.05, 3.63) is 33.4 Å². The van der Waals surface area contributed by atoms with E-state index >= 15 is 0 Å². The first-order valence-corrected chi connectivity index (χ1v) is 10.7. The number of nitrogens with zero attached hydrogens (tertiary/aromatic N) is 1. The molecule has 5 nitrogen and oxygen atoms in total. The lowest BCUT2D eigenvalue weighted by Gasteiger charge is -2.31. The quantitative estimate of drug-likeness (QED) is 0.678. The fourth-order valence-electron chi connectivity index (χ4n) is 2.64. The number of amides is 1. The number of hydrogen-bond donors (Lipinski definition) is 1. The highest BCUT2D eigenvalue weighted by Crippen LogP contribution is 2.17. The molecule has 0 radical (unpaired) electrons. The third-order valence-electron chi connectivity index (χ3n) is 4.06. The number of benzene rings is 1. The molecule has 23 heavy (non-hydrogen) atoms. The summed E-state index contributed by atoms with van der Waals surface area (Å²) in [5, 5.41) is 3.03. The summed E-state index contributed by atoms with van der Waals surface area (Å²) < 4.78 is 26.8. The lowest BCUT2D eigenvalue weighted by Crippen LogP contribution is -2.47. The Morgan fingerprint density at radius 1 is 1.30 bits per heavy atom. The second-order valence-electron chi connectivity index (χ2n) is 5.80. The summed E-state index contributed by atoms with van der Waals surface area (Å²) in [7, 11) is -3.14. The molecular weight excluding hydrogens is 427 g/mol. The lowest BCUT2D eigenvalue weighted by molar-refractivity contribution is 0.0923. The minimum absolute atomic E-state index is 0.0381. The smallest absolute Gasteiger partial charge is 0.252 e. The van der Waals surface area contributed by atoms with Gasteiger partial charge in [0.15, 0.2) is 0 Å². The van der Waals surface area contributed by atoms with E-state index in [9.17, 15) is 13.2 Å². The maximum atomic E-state index is 12.3. The van der Waals surface area contributed by atoms with Gasteiger partial charge in [-0.1, -0.05) is 25.5 Å². The zero-order valence-electron chi connectivity index (χ0n) is 13.3. The van der Waals surface area contributed by atoms with Crippen LogP contribution in [0.4, 0.5) is 0 Å². The molecular formula is C16H23IN2O3S. The van der Waals surface area contributed by atoms with Gasteiger partial charge >= 0.3 is 0 Å². The van der Waals surface area contributed by atoms with Crippen LogP contribution >= 0.6 is 22.6 Å². The van der Waals surface area contributed by atoms with Crippen LogP contribution in [0.1, 0.15) is 43.0 Å². The molecule has 128 valence electrons. The summed E-state index contributed by atoms with van der Waals surface area (Å²) >= 11 is 2.15. The van der Waals surface area contributed by atoms with Crippen molar-refractivity contribution < 1.29 is 13.2 Å². The summed E-state index contributed by atoms with van der Waals surface area (Å²) in [6, 6.07) is 7.49. The Kier molecular flexibility index (Phi) is 6.84. The van der Waals surface area contributed by atoms with Crippen molar-refractivity contribution >= 4 is 38.5 Å². The van der Waals surface area contributed by atoms with Crippen molar-refractivity contribution in [1.82, 2.24) is 9.62 Å². The Balaban J connectivity index is 1.88. The Bertz CT molecular complexity index is 640. The van der Waals surface area contributed by atoms with Crippen molar-refractivity contribution in [2.24, 2.45) is 0 Å². The molecule has 1 amide bonds. The summed E-state index contributed by atoms with van der Waals surface area (Å²) in [5.74, 6) is 0.144. The van der Waals surface area contributed by atoms with Gasteiger partial charge in [0.25, 0.3) is 5.91 Å². The van der Waals surface area contributed by atoms with Crippen molar-refractivity contribution in [3.63, 3.8) is 0 Å². The van der Waals surface area contributed by atoms with E-state index in [1.807, 2.05) is 25.1 Å². The number of piperidine rings is 1. The third kappa shape index (κ3) is 5.15. The second kappa shape index (κ2) is 8.43. The van der Waals surface area contributed by atoms with E-state index in [4.69, 9.17) is 0 Å². The first-order valence-electron chi connectivity index (χ1n) is 7.97. The molecule has 1 heterocycles. The van der Waals surface area contributed by atoms with Gasteiger partial charge in [-0.05, 0) is 54.0 Å². The van der Waals surface area contributed by atoms with Crippen LogP contribution in [0.3, 0.4) is 0 Å². The van der Waals surface area contributed by atoms with Gasteiger partial charge in [-0.3, -0.25) is 4.79 Å². The van der Waals surface area contributed by atoms with Gasteiger partial charge in [0.1, 0.15) is 0 Å². The van der Waals surface area contributed by atoms with E-state index in [2.05, 4.69) is 27.9 Å². The molecule has 1 aromatic carbocycles. The minimum atomic E-state index is -3.14. The lowest BCUT2D eigenvalue weighted by atomic mass is 10.1. The van der Waals surface area contributed by atoms with Crippen LogP contribution in [0.2, 0.25) is 0 Å². The second-order valence-corrected chi connectivity index (χ2v) is 9.05. The first kappa shape index (κ1) is 18.7. The number of carbonyl (C=O) groups is 1. The van der Waals surface area contributed by atoms with Gasteiger partial charge in [-0.15, -0.1) is 0 Å². The van der Waals surface area contributed by atoms with Gasteiger partial charge in [0, 0.05) is 22.7 Å². The van der Waals surface area contributed by atoms with Crippen molar-refractivity contribution in [2.75, 3.05) is 18.8 Å². The SMILES string of the molecule is CCCCS(=O)(=O)N1CCC(NC(=O)c2ccccc2I)CC1. The first-order chi connectivity index (χ1) is 10.9. The zero-order valence-corrected chi connectivity index (χ0v) is 16.3. The maximum Gasteiger partial charge on any atom is 0.252 e. The van der Waals surface area contributed by atoms with Gasteiger partial charge in [0.05, 0.1) is 11.3 Å². The Hall–Kier alpha value is -0.670. The highest BCUT2D eigenvalue weighted by atomic mass is 127. The number of carbonyl (C=O) groups excluding carboxylic acids is 1. The highest BCUT2D eigenvalue weighted by molar-refractivity contribution is 14.1. The van der Waals surface area contributed by atoms with Crippen molar-refractivity contribution in [2.45, 2.75) is 38.6 Å². The number of nitrogens with one attached hydrogen (secondary N) is 1. The predicted octanol–water partition coefficient (Wildman–Crippen LogP) is 2.62. The number of unbranched alkanes of at least 4 members (excludes halogenated alkanes) is 1. The normalized spacial score (nSPS) is 17.1. The van der Waals surface area contributed by atoms with E-state index in [-0.39, 0.29) is 17.7 Å². The van der Waals surface area contributed by atoms with E-state index in [0.717, 1.165) is 9.99 Å². The van der Waals surface area contributed by atoms with E-state index < -0.39 is 10.0 Å². The molecule has 0 bridgehead atoms. The van der Waals surface area contributed by atoms with Crippen LogP contribution in [-0.4, -0.2) is 43.5 Å². The van der Waals surface area contributed by atoms with E-state index in [0.29, 0.717) is 37.9 Å². The molecule has 7 heteroatoms. The van der Waals surface area contributed by atoms with Gasteiger partial charge in [-0.25, -0.2) is 12.7 Å². The van der Waals surface area contributed by atoms with Crippen LogP contribution in [0.15, 0.2) is 24.3 Å². The van der Waals surface area contributed by atoms with Crippen LogP contribution < -0.4 is 5.32 Å². The molecule has 1 N–H and O–H groups in total. The Morgan fingerprint density at radius 3 is 2.57 bits per heavy atom. The molecule has 0 unspecified atom stereocenters. The molecule has 0 saturated carbocycles. The summed E-state index contributed by atoms with van der Waals surface area (Å²) in [6.07, 6.45) is 2.91. The molecule has 0 aliphatic carbocycles. The highest BCUT2D eigenvalue weighted by Gasteiger charge is 2.28. The molecule has 1 fully saturated rings. The molecule has 2 rings (SSSR count). The molecule has 1 saturated heterocycles. The Morgan fingerprint density at radius 2 is 1.96 bits per heavy atom. The number of rotatable bonds is 6. The Labute approximate surface area is 152 Å². The van der Waals surface area contributed by atoms with Crippen molar-refractivity contribution in [1.29, 1.82) is 0 Å². The summed E-state index contributed by atoms with van der Waals surface area (Å²) in [6.45, 7) is 2.97. The monoisotopic (exact) mass is 450 g/mol. The number of hydrogen-bond acceptors (Lipinski definition) is 3. The van der Waals surface area contributed by atoms with Gasteiger partial charge in [0.2, 0.25) is 10.0 Å². The fraction of sp³-hybridized carbons (Fsp3) is 0.562. The van der Waals surface area contributed by atoms with Crippen LogP contribution in [0, 0.1) is 3.57 Å². The topological polar surface area (TPSA) is 66.5 Å². The standard InChI is InChI=1S/C16H23IN2O3S/c1-2-3-12-23(21,22)19-10-8-13(9-11-19)18-16(20)14-6-4-5-7-15(14)17/h4-7,13H,2-3,8-12H2,1H3,(H,18,20). The van der Waals surface area contributed by atoms with E-state index in [1.165, 1.54) is 0 Å². The van der Waals surface area contributed by atoms with Crippen LogP contribution in [0.25, 0.3) is 0 Å². The largest absolute Gasteiger partial charge is 0.349 e. The molecule has 1 aliphatic rings. The minimum Gasteiger partial charge on any atom is -0.349 e. The third-order valence-corrected chi connectivity index (χ3v) is 6.95. The zero-order chi connectivity index (χ0) is 16.9. The molecule has 1 aliphatic heterocycles. The number of halogens is 1. The molecule has 0 aromatic heterocycles. The maximum absolute atomic E-state index is 12.3. The average Bonchev–Trinajstić information content (AvgIpc) is 2.54. The van der Waals surface area contributed by atoms with Gasteiger partial charge in [-0.2, -0.15) is 0 Å². The molecule has 1 aromatic rings. The average molecular weight is 450 g/mol. The molecule has 0 atom stereocenters. The van der Waals surface area contributed by atoms with Crippen molar-refractivity contribution in [3.8, 4) is 0 Å². The summed E-state index contributed by atoms with van der Waals surface area (Å²) in [5.41, 5.74) is 0.672. The fourth-order valence-corrected chi connectivity index (χ4v) is 4.95. The summed E-state index contributed by atoms with van der Waals surface area (Å²) in [4.78, 5) is 12.3. The van der Waals surface area contributed by atoms with Crippen LogP contribution in [0.5, 0.6) is 0 Å². The van der Waals surface area contributed by atoms with E-state index in [1.54, 1.807) is 10.4 Å². The number of sulfonamides is 1.